The Balaban J connectivity index is 2.10. The van der Waals surface area contributed by atoms with Crippen molar-refractivity contribution in [2.24, 2.45) is 0 Å². The smallest absolute Gasteiger partial charge is 0.339 e. The van der Waals surface area contributed by atoms with Crippen molar-refractivity contribution in [2.75, 3.05) is 20.2 Å². The number of nitrogens with one attached hydrogen (secondary N) is 2. The Hall–Kier alpha value is -2.14. The van der Waals surface area contributed by atoms with E-state index in [1.54, 1.807) is 0 Å². The SMILES string of the molecule is COC(=O)c1cnc2[nH]cc(C3=CCNCC3)c2c1. The van der Waals surface area contributed by atoms with Crippen molar-refractivity contribution in [1.82, 2.24) is 15.3 Å². The minimum absolute atomic E-state index is 0.360. The van der Waals surface area contributed by atoms with Gasteiger partial charge in [-0.05, 0) is 24.6 Å². The van der Waals surface area contributed by atoms with Gasteiger partial charge in [0.25, 0.3) is 0 Å². The highest BCUT2D eigenvalue weighted by atomic mass is 16.5. The molecule has 2 aromatic heterocycles. The van der Waals surface area contributed by atoms with Crippen molar-refractivity contribution in [2.45, 2.75) is 6.42 Å². The molecule has 0 saturated carbocycles. The van der Waals surface area contributed by atoms with Crippen LogP contribution in [-0.2, 0) is 4.74 Å². The maximum atomic E-state index is 11.6. The first-order valence-corrected chi connectivity index (χ1v) is 6.25. The molecule has 5 heteroatoms. The second-order valence-electron chi connectivity index (χ2n) is 4.50. The van der Waals surface area contributed by atoms with Gasteiger partial charge in [-0.2, -0.15) is 0 Å². The number of carbonyl (C=O) groups excluding carboxylic acids is 1. The van der Waals surface area contributed by atoms with Gasteiger partial charge in [-0.3, -0.25) is 0 Å². The van der Waals surface area contributed by atoms with Crippen LogP contribution in [0.4, 0.5) is 0 Å². The van der Waals surface area contributed by atoms with Crippen molar-refractivity contribution in [3.63, 3.8) is 0 Å². The number of methoxy groups -OCH3 is 1. The first-order valence-electron chi connectivity index (χ1n) is 6.25. The van der Waals surface area contributed by atoms with Gasteiger partial charge in [-0.25, -0.2) is 9.78 Å². The molecule has 2 N–H and O–H groups in total. The average Bonchev–Trinajstić information content (AvgIpc) is 2.90. The van der Waals surface area contributed by atoms with Gasteiger partial charge in [0.2, 0.25) is 0 Å². The molecule has 0 atom stereocenters. The van der Waals surface area contributed by atoms with Crippen LogP contribution in [0, 0.1) is 0 Å². The van der Waals surface area contributed by atoms with Crippen LogP contribution in [0.3, 0.4) is 0 Å². The number of carbonyl (C=O) groups is 1. The molecule has 0 saturated heterocycles. The zero-order chi connectivity index (χ0) is 13.2. The highest BCUT2D eigenvalue weighted by Gasteiger charge is 2.14. The summed E-state index contributed by atoms with van der Waals surface area (Å²) >= 11 is 0. The van der Waals surface area contributed by atoms with Gasteiger partial charge in [0.05, 0.1) is 12.7 Å². The topological polar surface area (TPSA) is 67.0 Å². The third-order valence-electron chi connectivity index (χ3n) is 3.36. The van der Waals surface area contributed by atoms with Gasteiger partial charge in [0.15, 0.2) is 0 Å². The molecule has 1 aliphatic rings. The molecule has 0 aromatic carbocycles. The van der Waals surface area contributed by atoms with Crippen LogP contribution in [0.25, 0.3) is 16.6 Å². The van der Waals surface area contributed by atoms with Gasteiger partial charge in [-0.1, -0.05) is 6.08 Å². The molecule has 0 amide bonds. The molecular weight excluding hydrogens is 242 g/mol. The normalized spacial score (nSPS) is 15.3. The standard InChI is InChI=1S/C14H15N3O2/c1-19-14(18)10-6-11-12(8-17-13(11)16-7-10)9-2-4-15-5-3-9/h2,6-8,15H,3-5H2,1H3,(H,16,17). The van der Waals surface area contributed by atoms with Gasteiger partial charge in [-0.15, -0.1) is 0 Å². The molecule has 0 fully saturated rings. The second kappa shape index (κ2) is 4.85. The Bertz CT molecular complexity index is 658. The summed E-state index contributed by atoms with van der Waals surface area (Å²) in [6, 6.07) is 1.84. The fraction of sp³-hybridized carbons (Fsp3) is 0.286. The van der Waals surface area contributed by atoms with E-state index in [0.29, 0.717) is 5.56 Å². The summed E-state index contributed by atoms with van der Waals surface area (Å²) in [5.74, 6) is -0.360. The Morgan fingerprint density at radius 1 is 1.47 bits per heavy atom. The highest BCUT2D eigenvalue weighted by Crippen LogP contribution is 2.27. The lowest BCUT2D eigenvalue weighted by Crippen LogP contribution is -2.19. The first kappa shape index (κ1) is 11.9. The lowest BCUT2D eigenvalue weighted by Gasteiger charge is -2.13. The quantitative estimate of drug-likeness (QED) is 0.804. The number of esters is 1. The van der Waals surface area contributed by atoms with Gasteiger partial charge >= 0.3 is 5.97 Å². The van der Waals surface area contributed by atoms with Crippen LogP contribution in [0.15, 0.2) is 24.5 Å². The van der Waals surface area contributed by atoms with E-state index in [-0.39, 0.29) is 5.97 Å². The van der Waals surface area contributed by atoms with E-state index in [2.05, 4.69) is 21.4 Å². The average molecular weight is 257 g/mol. The van der Waals surface area contributed by atoms with E-state index in [0.717, 1.165) is 36.1 Å². The molecule has 0 unspecified atom stereocenters. The molecule has 0 aliphatic carbocycles. The number of hydrogen-bond acceptors (Lipinski definition) is 4. The third-order valence-corrected chi connectivity index (χ3v) is 3.36. The van der Waals surface area contributed by atoms with Gasteiger partial charge < -0.3 is 15.0 Å². The van der Waals surface area contributed by atoms with Crippen LogP contribution in [0.5, 0.6) is 0 Å². The molecular formula is C14H15N3O2. The zero-order valence-electron chi connectivity index (χ0n) is 10.7. The van der Waals surface area contributed by atoms with Crippen molar-refractivity contribution < 1.29 is 9.53 Å². The number of nitrogens with zero attached hydrogens (tertiary/aromatic N) is 1. The summed E-state index contributed by atoms with van der Waals surface area (Å²) < 4.78 is 4.73. The minimum Gasteiger partial charge on any atom is -0.465 e. The summed E-state index contributed by atoms with van der Waals surface area (Å²) in [5.41, 5.74) is 3.68. The first-order chi connectivity index (χ1) is 9.29. The molecule has 1 aliphatic heterocycles. The predicted octanol–water partition coefficient (Wildman–Crippen LogP) is 1.73. The van der Waals surface area contributed by atoms with E-state index >= 15 is 0 Å². The number of pyridine rings is 1. The molecule has 5 nitrogen and oxygen atoms in total. The highest BCUT2D eigenvalue weighted by molar-refractivity contribution is 5.97. The maximum Gasteiger partial charge on any atom is 0.339 e. The number of H-pyrrole nitrogens is 1. The number of hydrogen-bond donors (Lipinski definition) is 2. The predicted molar refractivity (Wildman–Crippen MR) is 72.9 cm³/mol. The van der Waals surface area contributed by atoms with Crippen LogP contribution in [0.2, 0.25) is 0 Å². The van der Waals surface area contributed by atoms with Crippen LogP contribution in [-0.4, -0.2) is 36.1 Å². The third kappa shape index (κ3) is 2.13. The number of ether oxygens (including phenoxy) is 1. The van der Waals surface area contributed by atoms with Crippen molar-refractivity contribution in [1.29, 1.82) is 0 Å². The summed E-state index contributed by atoms with van der Waals surface area (Å²) in [6.45, 7) is 1.86. The minimum atomic E-state index is -0.360. The largest absolute Gasteiger partial charge is 0.465 e. The van der Waals surface area contributed by atoms with Crippen molar-refractivity contribution in [3.05, 3.63) is 35.7 Å². The molecule has 0 bridgehead atoms. The Morgan fingerprint density at radius 3 is 3.11 bits per heavy atom. The van der Waals surface area contributed by atoms with E-state index < -0.39 is 0 Å². The fourth-order valence-electron chi connectivity index (χ4n) is 2.37. The molecule has 3 rings (SSSR count). The number of rotatable bonds is 2. The summed E-state index contributed by atoms with van der Waals surface area (Å²) in [6.07, 6.45) is 6.65. The second-order valence-corrected chi connectivity index (χ2v) is 4.50. The molecule has 0 radical (unpaired) electrons. The van der Waals surface area contributed by atoms with Gasteiger partial charge in [0.1, 0.15) is 5.65 Å². The summed E-state index contributed by atoms with van der Waals surface area (Å²) in [4.78, 5) is 19.0. The molecule has 2 aromatic rings. The maximum absolute atomic E-state index is 11.6. The van der Waals surface area contributed by atoms with Crippen LogP contribution in [0.1, 0.15) is 22.3 Å². The summed E-state index contributed by atoms with van der Waals surface area (Å²) in [7, 11) is 1.37. The van der Waals surface area contributed by atoms with E-state index in [9.17, 15) is 4.79 Å². The number of aromatic amines is 1. The van der Waals surface area contributed by atoms with Crippen LogP contribution >= 0.6 is 0 Å². The van der Waals surface area contributed by atoms with E-state index in [1.165, 1.54) is 18.9 Å². The van der Waals surface area contributed by atoms with Crippen molar-refractivity contribution in [3.8, 4) is 0 Å². The zero-order valence-corrected chi connectivity index (χ0v) is 10.7. The van der Waals surface area contributed by atoms with Gasteiger partial charge in [0, 0.05) is 29.9 Å². The Kier molecular flexibility index (Phi) is 3.05. The lowest BCUT2D eigenvalue weighted by atomic mass is 10.00. The Morgan fingerprint density at radius 2 is 2.37 bits per heavy atom. The molecule has 3 heterocycles. The number of fused-ring (bicyclic) bond motifs is 1. The van der Waals surface area contributed by atoms with E-state index in [4.69, 9.17) is 4.74 Å². The number of aromatic nitrogens is 2. The molecule has 19 heavy (non-hydrogen) atoms. The van der Waals surface area contributed by atoms with Crippen LogP contribution < -0.4 is 5.32 Å². The fourth-order valence-corrected chi connectivity index (χ4v) is 2.37. The molecule has 98 valence electrons. The van der Waals surface area contributed by atoms with Crippen molar-refractivity contribution >= 4 is 22.6 Å². The molecule has 0 spiro atoms. The summed E-state index contributed by atoms with van der Waals surface area (Å²) in [5, 5.41) is 4.26. The lowest BCUT2D eigenvalue weighted by molar-refractivity contribution is 0.0600. The monoisotopic (exact) mass is 257 g/mol. The Labute approximate surface area is 110 Å². The van der Waals surface area contributed by atoms with E-state index in [1.807, 2.05) is 12.3 Å².